The average Bonchev–Trinajstić information content (AvgIpc) is 3.37. The molecule has 5 unspecified atom stereocenters. The van der Waals surface area contributed by atoms with Gasteiger partial charge in [0.05, 0.1) is 0 Å². The van der Waals surface area contributed by atoms with Crippen molar-refractivity contribution in [2.75, 3.05) is 26.2 Å². The van der Waals surface area contributed by atoms with E-state index in [1.54, 1.807) is 0 Å². The van der Waals surface area contributed by atoms with Crippen LogP contribution in [0.1, 0.15) is 67.4 Å². The van der Waals surface area contributed by atoms with E-state index in [0.717, 1.165) is 70.3 Å². The van der Waals surface area contributed by atoms with Crippen LogP contribution in [0.15, 0.2) is 48.5 Å². The Balaban J connectivity index is 1.43. The number of likely N-dealkylation sites (tertiary alicyclic amines) is 2. The second-order valence-electron chi connectivity index (χ2n) is 12.0. The molecule has 2 bridgehead atoms. The maximum Gasteiger partial charge on any atom is 0.254 e. The maximum absolute atomic E-state index is 13.7. The largest absolute Gasteiger partial charge is 0.508 e. The lowest BCUT2D eigenvalue weighted by molar-refractivity contribution is -0.0618. The Bertz CT molecular complexity index is 1140. The third-order valence-electron chi connectivity index (χ3n) is 10.6. The molecule has 2 saturated heterocycles. The summed E-state index contributed by atoms with van der Waals surface area (Å²) in [5.41, 5.74) is 9.54. The topological polar surface area (TPSA) is 69.8 Å². The van der Waals surface area contributed by atoms with Crippen molar-refractivity contribution in [3.05, 3.63) is 65.2 Å². The molecule has 4 aliphatic rings. The van der Waals surface area contributed by atoms with Crippen molar-refractivity contribution in [3.63, 3.8) is 0 Å². The number of hydrogen-bond donors (Lipinski definition) is 2. The van der Waals surface area contributed by atoms with Crippen LogP contribution in [0.2, 0.25) is 0 Å². The lowest BCUT2D eigenvalue weighted by Crippen LogP contribution is -2.66. The van der Waals surface area contributed by atoms with Crippen LogP contribution < -0.4 is 5.73 Å². The summed E-state index contributed by atoms with van der Waals surface area (Å²) in [7, 11) is 0. The molecule has 36 heavy (non-hydrogen) atoms. The number of aromatic hydroxyl groups is 1. The van der Waals surface area contributed by atoms with Crippen LogP contribution in [0.4, 0.5) is 0 Å². The second kappa shape index (κ2) is 8.88. The van der Waals surface area contributed by atoms with E-state index >= 15 is 0 Å². The fourth-order valence-corrected chi connectivity index (χ4v) is 9.33. The van der Waals surface area contributed by atoms with Gasteiger partial charge in [-0.1, -0.05) is 38.1 Å². The van der Waals surface area contributed by atoms with Gasteiger partial charge in [0.2, 0.25) is 0 Å². The lowest BCUT2D eigenvalue weighted by Gasteiger charge is -2.63. The van der Waals surface area contributed by atoms with Crippen molar-refractivity contribution in [1.82, 2.24) is 9.80 Å². The minimum absolute atomic E-state index is 0.00851. The van der Waals surface area contributed by atoms with Crippen LogP contribution in [-0.2, 0) is 11.8 Å². The van der Waals surface area contributed by atoms with Crippen LogP contribution in [-0.4, -0.2) is 59.1 Å². The van der Waals surface area contributed by atoms with Gasteiger partial charge in [-0.15, -0.1) is 0 Å². The summed E-state index contributed by atoms with van der Waals surface area (Å²) in [6, 6.07) is 16.7. The zero-order valence-corrected chi connectivity index (χ0v) is 21.8. The van der Waals surface area contributed by atoms with Crippen LogP contribution in [0, 0.1) is 17.3 Å². The van der Waals surface area contributed by atoms with Crippen LogP contribution >= 0.6 is 0 Å². The first-order valence-electron chi connectivity index (χ1n) is 14.1. The number of carbonyl (C=O) groups is 1. The Labute approximate surface area is 215 Å². The highest BCUT2D eigenvalue weighted by molar-refractivity contribution is 5.94. The van der Waals surface area contributed by atoms with Gasteiger partial charge in [0.15, 0.2) is 0 Å². The number of piperidine rings is 1. The molecular weight excluding hydrogens is 446 g/mol. The third-order valence-corrected chi connectivity index (χ3v) is 10.6. The smallest absolute Gasteiger partial charge is 0.254 e. The Hall–Kier alpha value is -2.37. The maximum atomic E-state index is 13.7. The molecule has 1 saturated carbocycles. The number of hydrogen-bond acceptors (Lipinski definition) is 4. The minimum atomic E-state index is -0.00851. The predicted molar refractivity (Wildman–Crippen MR) is 143 cm³/mol. The van der Waals surface area contributed by atoms with E-state index < -0.39 is 0 Å². The van der Waals surface area contributed by atoms with E-state index in [2.05, 4.69) is 35.8 Å². The van der Waals surface area contributed by atoms with Gasteiger partial charge in [-0.2, -0.15) is 0 Å². The SMILES string of the molecule is CCC1C2[C@@H](CN1C(=O)c1ccccc1)CC1(C)C3Cc4ccc(O)cc4C21CCN3CCCCN. The fraction of sp³-hybridized carbons (Fsp3) is 0.581. The van der Waals surface area contributed by atoms with Crippen molar-refractivity contribution in [2.45, 2.75) is 69.9 Å². The molecule has 6 atom stereocenters. The third kappa shape index (κ3) is 3.24. The van der Waals surface area contributed by atoms with Crippen LogP contribution in [0.5, 0.6) is 5.75 Å². The first-order chi connectivity index (χ1) is 17.4. The van der Waals surface area contributed by atoms with Crippen LogP contribution in [0.25, 0.3) is 0 Å². The minimum Gasteiger partial charge on any atom is -0.508 e. The monoisotopic (exact) mass is 487 g/mol. The van der Waals surface area contributed by atoms with E-state index in [1.807, 2.05) is 36.4 Å². The van der Waals surface area contributed by atoms with Gasteiger partial charge in [0.25, 0.3) is 5.91 Å². The van der Waals surface area contributed by atoms with E-state index in [4.69, 9.17) is 5.73 Å². The highest BCUT2D eigenvalue weighted by atomic mass is 16.3. The molecule has 3 fully saturated rings. The molecule has 2 aliphatic carbocycles. The van der Waals surface area contributed by atoms with Gasteiger partial charge >= 0.3 is 0 Å². The number of benzene rings is 2. The highest BCUT2D eigenvalue weighted by Gasteiger charge is 2.72. The molecular formula is C31H41N3O2. The number of phenols is 1. The normalized spacial score (nSPS) is 34.8. The van der Waals surface area contributed by atoms with Gasteiger partial charge in [-0.3, -0.25) is 9.69 Å². The summed E-state index contributed by atoms with van der Waals surface area (Å²) in [6.07, 6.45) is 6.51. The number of fused-ring (bicyclic) bond motifs is 2. The lowest BCUT2D eigenvalue weighted by atomic mass is 9.48. The molecule has 0 radical (unpaired) electrons. The van der Waals surface area contributed by atoms with E-state index in [0.29, 0.717) is 23.6 Å². The Morgan fingerprint density at radius 1 is 1.17 bits per heavy atom. The summed E-state index contributed by atoms with van der Waals surface area (Å²) < 4.78 is 0. The molecule has 0 spiro atoms. The second-order valence-corrected chi connectivity index (χ2v) is 12.0. The number of unbranched alkanes of at least 4 members (excludes halogenated alkanes) is 1. The number of phenolic OH excluding ortho intramolecular Hbond substituents is 1. The quantitative estimate of drug-likeness (QED) is 0.586. The summed E-state index contributed by atoms with van der Waals surface area (Å²) in [5.74, 6) is 1.47. The molecule has 2 heterocycles. The van der Waals surface area contributed by atoms with E-state index in [9.17, 15) is 9.90 Å². The summed E-state index contributed by atoms with van der Waals surface area (Å²) in [4.78, 5) is 18.7. The predicted octanol–water partition coefficient (Wildman–Crippen LogP) is 4.58. The molecule has 6 rings (SSSR count). The van der Waals surface area contributed by atoms with Gasteiger partial charge in [-0.05, 0) is 111 Å². The van der Waals surface area contributed by atoms with Crippen molar-refractivity contribution in [2.24, 2.45) is 23.0 Å². The van der Waals surface area contributed by atoms with Crippen molar-refractivity contribution < 1.29 is 9.90 Å². The number of nitrogens with two attached hydrogens (primary N) is 1. The van der Waals surface area contributed by atoms with Crippen LogP contribution in [0.3, 0.4) is 0 Å². The number of carbonyl (C=O) groups excluding carboxylic acids is 1. The number of rotatable bonds is 6. The van der Waals surface area contributed by atoms with Crippen molar-refractivity contribution in [1.29, 1.82) is 0 Å². The molecule has 2 aliphatic heterocycles. The van der Waals surface area contributed by atoms with Crippen molar-refractivity contribution in [3.8, 4) is 5.75 Å². The highest BCUT2D eigenvalue weighted by Crippen LogP contribution is 2.71. The Kier molecular flexibility index (Phi) is 5.92. The zero-order valence-electron chi connectivity index (χ0n) is 21.8. The Morgan fingerprint density at radius 2 is 1.97 bits per heavy atom. The number of amides is 1. The molecule has 1 amide bonds. The molecule has 0 aromatic heterocycles. The first-order valence-corrected chi connectivity index (χ1v) is 14.1. The standard InChI is InChI=1S/C31H41N3O2/c1-3-26-28-23(20-34(26)29(36)21-9-5-4-6-10-21)19-30(2)27-17-22-11-12-24(35)18-25(22)31(28,30)13-16-33(27)15-8-7-14-32/h4-6,9-12,18,23,26-28,35H,3,7-8,13-17,19-20,32H2,1-2H3/t23-,26?,27?,28?,30?,31?/m1/s1. The first kappa shape index (κ1) is 24.0. The van der Waals surface area contributed by atoms with Gasteiger partial charge in [-0.25, -0.2) is 0 Å². The molecule has 2 aromatic rings. The van der Waals surface area contributed by atoms with E-state index in [1.165, 1.54) is 11.1 Å². The molecule has 3 N–H and O–H groups in total. The van der Waals surface area contributed by atoms with Crippen molar-refractivity contribution >= 4 is 5.91 Å². The molecule has 5 nitrogen and oxygen atoms in total. The van der Waals surface area contributed by atoms with Gasteiger partial charge < -0.3 is 15.7 Å². The average molecular weight is 488 g/mol. The number of nitrogens with zero attached hydrogens (tertiary/aromatic N) is 2. The summed E-state index contributed by atoms with van der Waals surface area (Å²) in [6.45, 7) is 8.63. The molecule has 5 heteroatoms. The zero-order chi connectivity index (χ0) is 25.1. The molecule has 2 aromatic carbocycles. The Morgan fingerprint density at radius 3 is 2.72 bits per heavy atom. The fourth-order valence-electron chi connectivity index (χ4n) is 9.33. The summed E-state index contributed by atoms with van der Waals surface area (Å²) >= 11 is 0. The molecule has 192 valence electrons. The summed E-state index contributed by atoms with van der Waals surface area (Å²) in [5, 5.41) is 10.6. The van der Waals surface area contributed by atoms with E-state index in [-0.39, 0.29) is 22.8 Å². The van der Waals surface area contributed by atoms with Gasteiger partial charge in [0.1, 0.15) is 5.75 Å². The van der Waals surface area contributed by atoms with Gasteiger partial charge in [0, 0.05) is 29.6 Å².